The van der Waals surface area contributed by atoms with E-state index in [-0.39, 0.29) is 13.0 Å². The minimum absolute atomic E-state index is 0.271. The Morgan fingerprint density at radius 3 is 2.85 bits per heavy atom. The maximum atomic E-state index is 11.1. The van der Waals surface area contributed by atoms with Crippen molar-refractivity contribution in [1.29, 1.82) is 0 Å². The summed E-state index contributed by atoms with van der Waals surface area (Å²) in [6.07, 6.45) is -0.412. The van der Waals surface area contributed by atoms with Crippen LogP contribution in [0, 0.1) is 5.92 Å². The molecule has 0 radical (unpaired) electrons. The fourth-order valence-corrected chi connectivity index (χ4v) is 5.72. The summed E-state index contributed by atoms with van der Waals surface area (Å²) in [5.41, 5.74) is 1.34. The van der Waals surface area contributed by atoms with E-state index in [1.54, 1.807) is 28.1 Å². The molecule has 0 spiro atoms. The first-order chi connectivity index (χ1) is 15.7. The predicted molar refractivity (Wildman–Crippen MR) is 125 cm³/mol. The van der Waals surface area contributed by atoms with Gasteiger partial charge in [0.15, 0.2) is 5.65 Å². The highest BCUT2D eigenvalue weighted by atomic mass is 35.5. The number of nitrogens with zero attached hydrogens (tertiary/aromatic N) is 3. The molecule has 33 heavy (non-hydrogen) atoms. The number of anilines is 1. The Hall–Kier alpha value is -2.32. The van der Waals surface area contributed by atoms with E-state index in [1.807, 2.05) is 30.3 Å². The van der Waals surface area contributed by atoms with Gasteiger partial charge in [0.2, 0.25) is 0 Å². The van der Waals surface area contributed by atoms with Gasteiger partial charge in [0.1, 0.15) is 17.6 Å². The largest absolute Gasteiger partial charge is 0.390 e. The zero-order chi connectivity index (χ0) is 23.3. The predicted octanol–water partition coefficient (Wildman–Crippen LogP) is 2.01. The van der Waals surface area contributed by atoms with Gasteiger partial charge in [-0.3, -0.25) is 4.18 Å². The Bertz CT molecular complexity index is 1440. The molecule has 5 rings (SSSR count). The van der Waals surface area contributed by atoms with Crippen molar-refractivity contribution >= 4 is 54.8 Å². The monoisotopic (exact) mass is 509 g/mol. The number of fused-ring (bicyclic) bond motifs is 2. The molecule has 4 unspecified atom stereocenters. The van der Waals surface area contributed by atoms with Crippen LogP contribution in [-0.4, -0.2) is 58.1 Å². The van der Waals surface area contributed by atoms with E-state index < -0.39 is 34.5 Å². The van der Waals surface area contributed by atoms with Crippen molar-refractivity contribution in [2.24, 2.45) is 11.1 Å². The van der Waals surface area contributed by atoms with E-state index in [0.29, 0.717) is 16.5 Å². The van der Waals surface area contributed by atoms with Gasteiger partial charge >= 0.3 is 10.3 Å². The third-order valence-corrected chi connectivity index (χ3v) is 7.49. The van der Waals surface area contributed by atoms with Gasteiger partial charge in [0.25, 0.3) is 0 Å². The fraction of sp³-hybridized carbons (Fsp3) is 0.300. The molecule has 13 heteroatoms. The Balaban J connectivity index is 1.40. The topological polar surface area (TPSA) is 152 Å². The maximum Gasteiger partial charge on any atom is 0.333 e. The Labute approximate surface area is 197 Å². The summed E-state index contributed by atoms with van der Waals surface area (Å²) in [7, 11) is -4.14. The fourth-order valence-electron chi connectivity index (χ4n) is 4.06. The molecule has 4 aromatic rings. The van der Waals surface area contributed by atoms with Crippen LogP contribution in [0.25, 0.3) is 26.3 Å². The normalized spacial score (nSPS) is 23.5. The molecule has 0 amide bonds. The first-order valence-electron chi connectivity index (χ1n) is 10.0. The molecule has 1 saturated carbocycles. The van der Waals surface area contributed by atoms with Crippen LogP contribution in [0.2, 0.25) is 5.02 Å². The van der Waals surface area contributed by atoms with Gasteiger partial charge in [0.05, 0.1) is 23.6 Å². The second kappa shape index (κ2) is 8.47. The van der Waals surface area contributed by atoms with Crippen LogP contribution in [-0.2, 0) is 14.5 Å². The second-order valence-corrected chi connectivity index (χ2v) is 10.7. The maximum absolute atomic E-state index is 11.1. The standard InChI is InChI=1S/C20H20ClN5O5S2/c21-12-2-1-10-6-16(32-15(10)7-12)13-8-18-23-4-3-17(26(18)25-13)24-14-5-11(19(27)20(14)28)9-31-33(22,29)30/h1-4,6-8,11,14,19-20,24,27-28H,5,9H2,(H2,22,29,30). The first-order valence-corrected chi connectivity index (χ1v) is 12.7. The third kappa shape index (κ3) is 4.55. The molecular weight excluding hydrogens is 490 g/mol. The van der Waals surface area contributed by atoms with Gasteiger partial charge in [-0.2, -0.15) is 18.0 Å². The first kappa shape index (κ1) is 22.5. The summed E-state index contributed by atoms with van der Waals surface area (Å²) < 4.78 is 29.4. The van der Waals surface area contributed by atoms with Crippen molar-refractivity contribution in [2.45, 2.75) is 24.7 Å². The molecule has 0 aliphatic heterocycles. The number of hydrogen-bond acceptors (Lipinski definition) is 9. The van der Waals surface area contributed by atoms with Crippen LogP contribution in [0.4, 0.5) is 5.82 Å². The Morgan fingerprint density at radius 1 is 1.24 bits per heavy atom. The van der Waals surface area contributed by atoms with Gasteiger partial charge < -0.3 is 15.5 Å². The highest BCUT2D eigenvalue weighted by Gasteiger charge is 2.42. The molecule has 0 bridgehead atoms. The molecule has 1 fully saturated rings. The quantitative estimate of drug-likeness (QED) is 0.308. The van der Waals surface area contributed by atoms with Crippen molar-refractivity contribution in [2.75, 3.05) is 11.9 Å². The van der Waals surface area contributed by atoms with Crippen molar-refractivity contribution in [3.05, 3.63) is 47.6 Å². The van der Waals surface area contributed by atoms with Gasteiger partial charge in [-0.15, -0.1) is 11.3 Å². The van der Waals surface area contributed by atoms with Gasteiger partial charge in [-0.25, -0.2) is 10.1 Å². The number of halogens is 1. The number of aliphatic hydroxyl groups is 2. The van der Waals surface area contributed by atoms with Crippen LogP contribution >= 0.6 is 22.9 Å². The molecule has 10 nitrogen and oxygen atoms in total. The van der Waals surface area contributed by atoms with E-state index in [0.717, 1.165) is 20.7 Å². The molecule has 3 heterocycles. The average Bonchev–Trinajstić information content (AvgIpc) is 3.44. The van der Waals surface area contributed by atoms with E-state index >= 15 is 0 Å². The Kier molecular flexibility index (Phi) is 5.77. The summed E-state index contributed by atoms with van der Waals surface area (Å²) >= 11 is 7.67. The molecule has 1 aliphatic rings. The van der Waals surface area contributed by atoms with Crippen molar-refractivity contribution in [3.63, 3.8) is 0 Å². The SMILES string of the molecule is NS(=O)(=O)OCC1CC(Nc2ccnc3cc(-c4cc5ccc(Cl)cc5s4)nn23)C(O)C1O. The molecule has 1 aromatic carbocycles. The minimum Gasteiger partial charge on any atom is -0.390 e. The number of aliphatic hydroxyl groups excluding tert-OH is 2. The number of nitrogens with two attached hydrogens (primary N) is 1. The molecular formula is C20H20ClN5O5S2. The molecule has 1 aliphatic carbocycles. The van der Waals surface area contributed by atoms with Crippen molar-refractivity contribution in [3.8, 4) is 10.6 Å². The number of thiophene rings is 1. The van der Waals surface area contributed by atoms with Crippen molar-refractivity contribution in [1.82, 2.24) is 14.6 Å². The number of nitrogens with one attached hydrogen (secondary N) is 1. The third-order valence-electron chi connectivity index (χ3n) is 5.67. The number of hydrogen-bond donors (Lipinski definition) is 4. The van der Waals surface area contributed by atoms with E-state index in [9.17, 15) is 18.6 Å². The van der Waals surface area contributed by atoms with Crippen molar-refractivity contribution < 1.29 is 22.8 Å². The van der Waals surface area contributed by atoms with Gasteiger partial charge in [-0.1, -0.05) is 17.7 Å². The van der Waals surface area contributed by atoms with Gasteiger partial charge in [0, 0.05) is 27.9 Å². The molecule has 3 aromatic heterocycles. The zero-order valence-electron chi connectivity index (χ0n) is 17.0. The zero-order valence-corrected chi connectivity index (χ0v) is 19.4. The highest BCUT2D eigenvalue weighted by Crippen LogP contribution is 2.35. The molecule has 174 valence electrons. The average molecular weight is 510 g/mol. The number of aromatic nitrogens is 3. The van der Waals surface area contributed by atoms with E-state index in [1.165, 1.54) is 0 Å². The second-order valence-electron chi connectivity index (χ2n) is 7.93. The summed E-state index contributed by atoms with van der Waals surface area (Å²) in [6.45, 7) is -0.317. The molecule has 0 saturated heterocycles. The molecule has 4 atom stereocenters. The van der Waals surface area contributed by atoms with Gasteiger partial charge in [-0.05, 0) is 36.1 Å². The molecule has 5 N–H and O–H groups in total. The number of benzene rings is 1. The summed E-state index contributed by atoms with van der Waals surface area (Å²) in [4.78, 5) is 5.33. The smallest absolute Gasteiger partial charge is 0.333 e. The Morgan fingerprint density at radius 2 is 2.06 bits per heavy atom. The summed E-state index contributed by atoms with van der Waals surface area (Å²) in [5, 5.41) is 35.3. The minimum atomic E-state index is -4.14. The van der Waals surface area contributed by atoms with E-state index in [4.69, 9.17) is 16.7 Å². The van der Waals surface area contributed by atoms with Crippen LogP contribution in [0.1, 0.15) is 6.42 Å². The lowest BCUT2D eigenvalue weighted by Gasteiger charge is -2.19. The highest BCUT2D eigenvalue weighted by molar-refractivity contribution is 7.84. The van der Waals surface area contributed by atoms with Crippen LogP contribution < -0.4 is 10.5 Å². The van der Waals surface area contributed by atoms with Crippen LogP contribution in [0.15, 0.2) is 42.6 Å². The number of rotatable bonds is 6. The van der Waals surface area contributed by atoms with Crippen LogP contribution in [0.3, 0.4) is 0 Å². The van der Waals surface area contributed by atoms with Crippen LogP contribution in [0.5, 0.6) is 0 Å². The summed E-state index contributed by atoms with van der Waals surface area (Å²) in [5.74, 6) is -0.0358. The lowest BCUT2D eigenvalue weighted by molar-refractivity contribution is 0.00777. The lowest BCUT2D eigenvalue weighted by Crippen LogP contribution is -2.36. The summed E-state index contributed by atoms with van der Waals surface area (Å²) in [6, 6.07) is 10.8. The lowest BCUT2D eigenvalue weighted by atomic mass is 10.1. The van der Waals surface area contributed by atoms with E-state index in [2.05, 4.69) is 19.6 Å².